The van der Waals surface area contributed by atoms with Crippen LogP contribution in [0.4, 0.5) is 0 Å². The summed E-state index contributed by atoms with van der Waals surface area (Å²) in [7, 11) is 0. The first-order valence-electron chi connectivity index (χ1n) is 11.7. The molecule has 5 nitrogen and oxygen atoms in total. The van der Waals surface area contributed by atoms with E-state index in [0.717, 1.165) is 22.3 Å². The second-order valence-electron chi connectivity index (χ2n) is 8.33. The van der Waals surface area contributed by atoms with Gasteiger partial charge in [0.25, 0.3) is 5.91 Å². The molecule has 0 unspecified atom stereocenters. The van der Waals surface area contributed by atoms with Crippen molar-refractivity contribution in [3.63, 3.8) is 0 Å². The lowest BCUT2D eigenvalue weighted by atomic mass is 9.97. The second-order valence-corrected chi connectivity index (χ2v) is 8.33. The highest BCUT2D eigenvalue weighted by atomic mass is 16.5. The number of carbonyl (C=O) groups is 1. The zero-order chi connectivity index (χ0) is 25.5. The number of allylic oxidation sites excluding steroid dienone is 1. The van der Waals surface area contributed by atoms with Crippen LogP contribution in [0.25, 0.3) is 34.5 Å². The van der Waals surface area contributed by atoms with Crippen molar-refractivity contribution in [3.05, 3.63) is 119 Å². The van der Waals surface area contributed by atoms with Gasteiger partial charge in [0.05, 0.1) is 11.3 Å². The zero-order valence-electron chi connectivity index (χ0n) is 20.4. The number of ether oxygens (including phenoxy) is 1. The molecule has 0 bridgehead atoms. The van der Waals surface area contributed by atoms with Gasteiger partial charge in [-0.1, -0.05) is 103 Å². The molecule has 1 amide bonds. The van der Waals surface area contributed by atoms with Gasteiger partial charge >= 0.3 is 0 Å². The lowest BCUT2D eigenvalue weighted by molar-refractivity contribution is 0.0701. The molecule has 5 heteroatoms. The molecule has 1 heterocycles. The molecule has 0 radical (unpaired) electrons. The summed E-state index contributed by atoms with van der Waals surface area (Å²) in [6.07, 6.45) is 5.19. The molecule has 0 fully saturated rings. The number of amides is 1. The maximum Gasteiger partial charge on any atom is 0.279 e. The number of hydrogen-bond donors (Lipinski definition) is 2. The lowest BCUT2D eigenvalue weighted by Gasteiger charge is -2.19. The molecule has 36 heavy (non-hydrogen) atoms. The number of carbonyl (C=O) groups excluding carboxylic acids is 1. The van der Waals surface area contributed by atoms with E-state index in [2.05, 4.69) is 37.8 Å². The van der Waals surface area contributed by atoms with Crippen molar-refractivity contribution in [1.82, 2.24) is 10.5 Å². The molecular formula is C31H28N2O3. The number of hydrogen-bond acceptors (Lipinski definition) is 4. The normalized spacial score (nSPS) is 10.9. The third-order valence-corrected chi connectivity index (χ3v) is 5.85. The van der Waals surface area contributed by atoms with E-state index in [4.69, 9.17) is 9.72 Å². The van der Waals surface area contributed by atoms with Crippen LogP contribution in [0.3, 0.4) is 0 Å². The van der Waals surface area contributed by atoms with Crippen LogP contribution < -0.4 is 10.2 Å². The molecule has 3 aromatic carbocycles. The number of aromatic nitrogens is 1. The van der Waals surface area contributed by atoms with Crippen LogP contribution in [0.1, 0.15) is 39.7 Å². The van der Waals surface area contributed by atoms with Crippen molar-refractivity contribution in [2.75, 3.05) is 0 Å². The van der Waals surface area contributed by atoms with Crippen molar-refractivity contribution in [3.8, 4) is 28.1 Å². The number of nitrogens with one attached hydrogen (secondary N) is 1. The van der Waals surface area contributed by atoms with Gasteiger partial charge in [0.2, 0.25) is 0 Å². The van der Waals surface area contributed by atoms with Crippen molar-refractivity contribution >= 4 is 18.1 Å². The van der Waals surface area contributed by atoms with E-state index in [9.17, 15) is 10.0 Å². The van der Waals surface area contributed by atoms with E-state index in [-0.39, 0.29) is 17.9 Å². The van der Waals surface area contributed by atoms with Crippen molar-refractivity contribution < 1.29 is 14.7 Å². The quantitative estimate of drug-likeness (QED) is 0.210. The van der Waals surface area contributed by atoms with Crippen LogP contribution >= 0.6 is 0 Å². The smallest absolute Gasteiger partial charge is 0.279 e. The maximum atomic E-state index is 12.9. The molecule has 0 saturated carbocycles. The molecule has 4 rings (SSSR count). The summed E-state index contributed by atoms with van der Waals surface area (Å²) in [6, 6.07) is 26.0. The molecule has 0 aliphatic heterocycles. The summed E-state index contributed by atoms with van der Waals surface area (Å²) >= 11 is 0. The van der Waals surface area contributed by atoms with Crippen molar-refractivity contribution in [2.45, 2.75) is 20.5 Å². The van der Waals surface area contributed by atoms with E-state index in [1.165, 1.54) is 5.56 Å². The Morgan fingerprint density at radius 2 is 1.58 bits per heavy atom. The Morgan fingerprint density at radius 3 is 2.17 bits per heavy atom. The van der Waals surface area contributed by atoms with Gasteiger partial charge in [0.15, 0.2) is 5.75 Å². The molecule has 1 aromatic heterocycles. The Morgan fingerprint density at radius 1 is 0.972 bits per heavy atom. The number of hydroxylamine groups is 1. The maximum absolute atomic E-state index is 12.9. The Hall–Kier alpha value is -4.48. The second kappa shape index (κ2) is 11.3. The summed E-state index contributed by atoms with van der Waals surface area (Å²) in [4.78, 5) is 17.8. The fraction of sp³-hybridized carbons (Fsp3) is 0.0968. The van der Waals surface area contributed by atoms with Crippen LogP contribution in [0.5, 0.6) is 5.75 Å². The minimum atomic E-state index is -0.696. The van der Waals surface area contributed by atoms with Gasteiger partial charge in [-0.15, -0.1) is 0 Å². The number of benzene rings is 3. The van der Waals surface area contributed by atoms with Gasteiger partial charge in [0, 0.05) is 11.1 Å². The van der Waals surface area contributed by atoms with Crippen LogP contribution in [0.15, 0.2) is 91.5 Å². The summed E-state index contributed by atoms with van der Waals surface area (Å²) in [5.74, 6) is -0.421. The zero-order valence-corrected chi connectivity index (χ0v) is 20.4. The Labute approximate surface area is 211 Å². The largest absolute Gasteiger partial charge is 0.486 e. The predicted octanol–water partition coefficient (Wildman–Crippen LogP) is 7.10. The van der Waals surface area contributed by atoms with Gasteiger partial charge in [-0.2, -0.15) is 0 Å². The lowest BCUT2D eigenvalue weighted by Crippen LogP contribution is -2.22. The Balaban J connectivity index is 1.87. The summed E-state index contributed by atoms with van der Waals surface area (Å²) in [5.41, 5.74) is 8.55. The van der Waals surface area contributed by atoms with Crippen molar-refractivity contribution in [1.29, 1.82) is 0 Å². The number of nitrogens with zero attached hydrogens (tertiary/aromatic N) is 1. The fourth-order valence-corrected chi connectivity index (χ4v) is 4.01. The van der Waals surface area contributed by atoms with E-state index in [1.54, 1.807) is 17.6 Å². The number of rotatable bonds is 8. The highest BCUT2D eigenvalue weighted by Gasteiger charge is 2.25. The molecule has 0 saturated heterocycles. The monoisotopic (exact) mass is 476 g/mol. The average molecular weight is 477 g/mol. The molecule has 2 N–H and O–H groups in total. The van der Waals surface area contributed by atoms with Gasteiger partial charge < -0.3 is 4.74 Å². The molecule has 4 aromatic rings. The fourth-order valence-electron chi connectivity index (χ4n) is 4.01. The van der Waals surface area contributed by atoms with E-state index in [1.807, 2.05) is 67.6 Å². The van der Waals surface area contributed by atoms with Crippen molar-refractivity contribution in [2.24, 2.45) is 0 Å². The van der Waals surface area contributed by atoms with E-state index < -0.39 is 5.91 Å². The topological polar surface area (TPSA) is 71.5 Å². The standard InChI is InChI=1S/C31H28N2O3/c1-4-9-27-26(5-2)28(31(34)33-35)30(36-20-22-10-7-6-8-11-22)29(32-27)25-18-16-24(17-19-25)23-14-12-21(3)13-15-23/h4-19,35H,2,20H2,1,3H3,(H,33,34)/b9-4-. The Kier molecular flexibility index (Phi) is 7.73. The van der Waals surface area contributed by atoms with Gasteiger partial charge in [-0.3, -0.25) is 10.0 Å². The van der Waals surface area contributed by atoms with Crippen LogP contribution in [-0.2, 0) is 6.61 Å². The summed E-state index contributed by atoms with van der Waals surface area (Å²) < 4.78 is 6.23. The first kappa shape index (κ1) is 24.6. The highest BCUT2D eigenvalue weighted by molar-refractivity contribution is 6.03. The molecule has 0 spiro atoms. The minimum absolute atomic E-state index is 0.171. The first-order valence-corrected chi connectivity index (χ1v) is 11.7. The third-order valence-electron chi connectivity index (χ3n) is 5.85. The summed E-state index contributed by atoms with van der Waals surface area (Å²) in [6.45, 7) is 8.03. The highest BCUT2D eigenvalue weighted by Crippen LogP contribution is 2.37. The van der Waals surface area contributed by atoms with E-state index in [0.29, 0.717) is 17.0 Å². The number of pyridine rings is 1. The molecule has 0 atom stereocenters. The Bertz CT molecular complexity index is 1390. The van der Waals surface area contributed by atoms with Gasteiger partial charge in [0.1, 0.15) is 12.3 Å². The van der Waals surface area contributed by atoms with Crippen LogP contribution in [-0.4, -0.2) is 16.1 Å². The molecule has 0 aliphatic carbocycles. The molecular weight excluding hydrogens is 448 g/mol. The van der Waals surface area contributed by atoms with Gasteiger partial charge in [-0.25, -0.2) is 10.5 Å². The van der Waals surface area contributed by atoms with Crippen LogP contribution in [0, 0.1) is 6.92 Å². The summed E-state index contributed by atoms with van der Waals surface area (Å²) in [5, 5.41) is 9.55. The first-order chi connectivity index (χ1) is 17.5. The van der Waals surface area contributed by atoms with E-state index >= 15 is 0 Å². The minimum Gasteiger partial charge on any atom is -0.486 e. The average Bonchev–Trinajstić information content (AvgIpc) is 2.92. The molecule has 180 valence electrons. The molecule has 0 aliphatic rings. The van der Waals surface area contributed by atoms with Gasteiger partial charge in [-0.05, 0) is 36.6 Å². The number of aryl methyl sites for hydroxylation is 1. The predicted molar refractivity (Wildman–Crippen MR) is 145 cm³/mol. The SMILES string of the molecule is C=Cc1c(/C=C\C)nc(-c2ccc(-c3ccc(C)cc3)cc2)c(OCc2ccccc2)c1C(=O)NO. The third kappa shape index (κ3) is 5.27. The van der Waals surface area contributed by atoms with Crippen LogP contribution in [0.2, 0.25) is 0 Å².